The van der Waals surface area contributed by atoms with Gasteiger partial charge in [-0.15, -0.1) is 0 Å². The number of nitrogens with one attached hydrogen (secondary N) is 1. The van der Waals surface area contributed by atoms with E-state index in [0.29, 0.717) is 24.1 Å². The van der Waals surface area contributed by atoms with Crippen LogP contribution in [-0.4, -0.2) is 17.6 Å². The summed E-state index contributed by atoms with van der Waals surface area (Å²) >= 11 is 0. The van der Waals surface area contributed by atoms with Crippen LogP contribution in [0.15, 0.2) is 18.2 Å². The average molecular weight is 269 g/mol. The summed E-state index contributed by atoms with van der Waals surface area (Å²) in [5.41, 5.74) is -0.816. The molecule has 0 aliphatic carbocycles. The molecular formula is C14H17F2NO2. The number of carboxylic acids is 1. The third-order valence-corrected chi connectivity index (χ3v) is 3.54. The van der Waals surface area contributed by atoms with E-state index in [-0.39, 0.29) is 6.04 Å². The van der Waals surface area contributed by atoms with E-state index in [1.54, 1.807) is 0 Å². The molecule has 1 aliphatic heterocycles. The van der Waals surface area contributed by atoms with Crippen LogP contribution in [0, 0.1) is 11.7 Å². The number of alkyl halides is 1. The molecule has 2 unspecified atom stereocenters. The first-order valence-corrected chi connectivity index (χ1v) is 6.24. The number of halogens is 2. The highest BCUT2D eigenvalue weighted by Gasteiger charge is 2.32. The minimum Gasteiger partial charge on any atom is -0.481 e. The maximum atomic E-state index is 13.9. The Hall–Kier alpha value is -1.49. The summed E-state index contributed by atoms with van der Waals surface area (Å²) < 4.78 is 27.7. The van der Waals surface area contributed by atoms with Crippen LogP contribution in [0.3, 0.4) is 0 Å². The Balaban J connectivity index is 2.28. The summed E-state index contributed by atoms with van der Waals surface area (Å²) in [6.07, 6.45) is 0.322. The number of hydrogen-bond donors (Lipinski definition) is 2. The molecule has 2 atom stereocenters. The van der Waals surface area contributed by atoms with Gasteiger partial charge in [0.05, 0.1) is 5.92 Å². The lowest BCUT2D eigenvalue weighted by atomic mass is 9.93. The van der Waals surface area contributed by atoms with E-state index in [1.807, 2.05) is 0 Å². The highest BCUT2D eigenvalue weighted by atomic mass is 19.1. The van der Waals surface area contributed by atoms with Gasteiger partial charge in [0.2, 0.25) is 0 Å². The Kier molecular flexibility index (Phi) is 3.58. The second-order valence-electron chi connectivity index (χ2n) is 5.44. The fraction of sp³-hybridized carbons (Fsp3) is 0.500. The molecule has 1 aliphatic rings. The molecule has 2 rings (SSSR count). The van der Waals surface area contributed by atoms with Crippen LogP contribution in [0.4, 0.5) is 8.78 Å². The van der Waals surface area contributed by atoms with E-state index in [0.717, 1.165) is 0 Å². The molecule has 1 aromatic carbocycles. The largest absolute Gasteiger partial charge is 0.481 e. The predicted molar refractivity (Wildman–Crippen MR) is 67.0 cm³/mol. The van der Waals surface area contributed by atoms with Gasteiger partial charge in [-0.3, -0.25) is 4.79 Å². The molecule has 0 aromatic heterocycles. The van der Waals surface area contributed by atoms with Gasteiger partial charge >= 0.3 is 5.97 Å². The van der Waals surface area contributed by atoms with Crippen molar-refractivity contribution in [1.29, 1.82) is 0 Å². The van der Waals surface area contributed by atoms with Gasteiger partial charge in [-0.2, -0.15) is 0 Å². The second kappa shape index (κ2) is 4.89. The average Bonchev–Trinajstić information content (AvgIpc) is 2.77. The lowest BCUT2D eigenvalue weighted by Crippen LogP contribution is -2.18. The molecule has 1 heterocycles. The molecule has 5 heteroatoms. The van der Waals surface area contributed by atoms with E-state index in [2.05, 4.69) is 5.32 Å². The molecule has 0 spiro atoms. The molecule has 19 heavy (non-hydrogen) atoms. The van der Waals surface area contributed by atoms with E-state index < -0.39 is 23.4 Å². The first-order chi connectivity index (χ1) is 8.79. The highest BCUT2D eigenvalue weighted by Crippen LogP contribution is 2.33. The number of rotatable bonds is 3. The van der Waals surface area contributed by atoms with Crippen LogP contribution < -0.4 is 5.32 Å². The van der Waals surface area contributed by atoms with Gasteiger partial charge in [0, 0.05) is 18.2 Å². The normalized spacial score (nSPS) is 23.6. The SMILES string of the molecule is CC(C)(F)c1ccc(F)c(C2CC(C(=O)O)CN2)c1. The smallest absolute Gasteiger partial charge is 0.307 e. The minimum atomic E-state index is -1.55. The molecule has 0 saturated carbocycles. The third kappa shape index (κ3) is 2.92. The van der Waals surface area contributed by atoms with Crippen LogP contribution in [-0.2, 0) is 10.5 Å². The van der Waals surface area contributed by atoms with Crippen LogP contribution in [0.1, 0.15) is 37.4 Å². The molecule has 1 aromatic rings. The molecule has 2 N–H and O–H groups in total. The van der Waals surface area contributed by atoms with Crippen molar-refractivity contribution in [3.05, 3.63) is 35.1 Å². The molecule has 1 saturated heterocycles. The van der Waals surface area contributed by atoms with Crippen LogP contribution in [0.25, 0.3) is 0 Å². The zero-order valence-electron chi connectivity index (χ0n) is 10.9. The first kappa shape index (κ1) is 13.9. The summed E-state index contributed by atoms with van der Waals surface area (Å²) in [6, 6.07) is 3.77. The van der Waals surface area contributed by atoms with Gasteiger partial charge in [-0.1, -0.05) is 6.07 Å². The maximum Gasteiger partial charge on any atom is 0.307 e. The Bertz CT molecular complexity index is 497. The lowest BCUT2D eigenvalue weighted by Gasteiger charge is -2.18. The lowest BCUT2D eigenvalue weighted by molar-refractivity contribution is -0.141. The van der Waals surface area contributed by atoms with Crippen molar-refractivity contribution in [1.82, 2.24) is 5.32 Å². The van der Waals surface area contributed by atoms with Crippen molar-refractivity contribution in [2.75, 3.05) is 6.54 Å². The Labute approximate surface area is 110 Å². The monoisotopic (exact) mass is 269 g/mol. The van der Waals surface area contributed by atoms with Gasteiger partial charge in [-0.25, -0.2) is 8.78 Å². The standard InChI is InChI=1S/C14H17F2NO2/c1-14(2,16)9-3-4-11(15)10(6-9)12-5-8(7-17-12)13(18)19/h3-4,6,8,12,17H,5,7H2,1-2H3,(H,18,19). The number of carboxylic acid groups (broad SMARTS) is 1. The number of benzene rings is 1. The van der Waals surface area contributed by atoms with Crippen molar-refractivity contribution in [3.63, 3.8) is 0 Å². The second-order valence-corrected chi connectivity index (χ2v) is 5.44. The highest BCUT2D eigenvalue weighted by molar-refractivity contribution is 5.70. The summed E-state index contributed by atoms with van der Waals surface area (Å²) in [7, 11) is 0. The first-order valence-electron chi connectivity index (χ1n) is 6.24. The van der Waals surface area contributed by atoms with Gasteiger partial charge < -0.3 is 10.4 Å². The van der Waals surface area contributed by atoms with Crippen molar-refractivity contribution >= 4 is 5.97 Å². The van der Waals surface area contributed by atoms with Crippen molar-refractivity contribution in [2.45, 2.75) is 32.0 Å². The Morgan fingerprint density at radius 3 is 2.68 bits per heavy atom. The molecule has 0 radical (unpaired) electrons. The summed E-state index contributed by atoms with van der Waals surface area (Å²) in [5.74, 6) is -1.85. The minimum absolute atomic E-state index is 0.308. The van der Waals surface area contributed by atoms with Gasteiger partial charge in [0.25, 0.3) is 0 Å². The quantitative estimate of drug-likeness (QED) is 0.887. The van der Waals surface area contributed by atoms with Gasteiger partial charge in [-0.05, 0) is 38.0 Å². The Morgan fingerprint density at radius 2 is 2.16 bits per heavy atom. The van der Waals surface area contributed by atoms with E-state index in [4.69, 9.17) is 5.11 Å². The predicted octanol–water partition coefficient (Wildman–Crippen LogP) is 2.77. The van der Waals surface area contributed by atoms with Crippen LogP contribution in [0.2, 0.25) is 0 Å². The summed E-state index contributed by atoms with van der Waals surface area (Å²) in [5, 5.41) is 11.9. The molecule has 0 amide bonds. The zero-order chi connectivity index (χ0) is 14.2. The molecule has 0 bridgehead atoms. The molecule has 104 valence electrons. The third-order valence-electron chi connectivity index (χ3n) is 3.54. The van der Waals surface area contributed by atoms with E-state index >= 15 is 0 Å². The molecule has 1 fully saturated rings. The van der Waals surface area contributed by atoms with Gasteiger partial charge in [0.1, 0.15) is 11.5 Å². The van der Waals surface area contributed by atoms with E-state index in [1.165, 1.54) is 32.0 Å². The van der Waals surface area contributed by atoms with Crippen molar-refractivity contribution in [3.8, 4) is 0 Å². The van der Waals surface area contributed by atoms with Gasteiger partial charge in [0.15, 0.2) is 0 Å². The molecule has 3 nitrogen and oxygen atoms in total. The topological polar surface area (TPSA) is 49.3 Å². The molecular weight excluding hydrogens is 252 g/mol. The van der Waals surface area contributed by atoms with Crippen molar-refractivity contribution in [2.24, 2.45) is 5.92 Å². The number of aliphatic carboxylic acids is 1. The maximum absolute atomic E-state index is 13.9. The fourth-order valence-corrected chi connectivity index (χ4v) is 2.34. The number of carbonyl (C=O) groups is 1. The number of hydrogen-bond acceptors (Lipinski definition) is 2. The summed E-state index contributed by atoms with van der Waals surface area (Å²) in [4.78, 5) is 10.9. The van der Waals surface area contributed by atoms with Crippen molar-refractivity contribution < 1.29 is 18.7 Å². The zero-order valence-corrected chi connectivity index (χ0v) is 10.9. The fourth-order valence-electron chi connectivity index (χ4n) is 2.34. The Morgan fingerprint density at radius 1 is 1.47 bits per heavy atom. The van der Waals surface area contributed by atoms with Crippen LogP contribution in [0.5, 0.6) is 0 Å². The summed E-state index contributed by atoms with van der Waals surface area (Å²) in [6.45, 7) is 3.13. The van der Waals surface area contributed by atoms with E-state index in [9.17, 15) is 13.6 Å². The van der Waals surface area contributed by atoms with Crippen LogP contribution >= 0.6 is 0 Å².